The van der Waals surface area contributed by atoms with Crippen molar-refractivity contribution in [3.05, 3.63) is 41.4 Å². The minimum atomic E-state index is -1.26. The van der Waals surface area contributed by atoms with Gasteiger partial charge in [0.25, 0.3) is 0 Å². The van der Waals surface area contributed by atoms with E-state index in [0.29, 0.717) is 6.21 Å². The van der Waals surface area contributed by atoms with Gasteiger partial charge in [-0.15, -0.1) is 0 Å². The summed E-state index contributed by atoms with van der Waals surface area (Å²) in [5.41, 5.74) is 8.37. The Morgan fingerprint density at radius 2 is 1.88 bits per heavy atom. The van der Waals surface area contributed by atoms with E-state index in [2.05, 4.69) is 10.1 Å². The number of ether oxygens (including phenoxy) is 2. The van der Waals surface area contributed by atoms with Crippen LogP contribution in [0.3, 0.4) is 0 Å². The predicted octanol–water partition coefficient (Wildman–Crippen LogP) is 1.88. The van der Waals surface area contributed by atoms with Gasteiger partial charge in [0.15, 0.2) is 0 Å². The highest BCUT2D eigenvalue weighted by molar-refractivity contribution is 6.26. The van der Waals surface area contributed by atoms with Gasteiger partial charge in [-0.1, -0.05) is 30.3 Å². The number of esters is 1. The molecule has 1 N–H and O–H groups in total. The maximum atomic E-state index is 12.2. The number of ketones is 1. The van der Waals surface area contributed by atoms with E-state index in [1.807, 2.05) is 6.07 Å². The summed E-state index contributed by atoms with van der Waals surface area (Å²) in [5.74, 6) is -1.44. The summed E-state index contributed by atoms with van der Waals surface area (Å²) < 4.78 is 10.2. The van der Waals surface area contributed by atoms with Gasteiger partial charge in [0.05, 0.1) is 0 Å². The molecule has 0 aliphatic rings. The second kappa shape index (κ2) is 9.34. The molecule has 0 radical (unpaired) electrons. The topological polar surface area (TPSA) is 118 Å². The molecule has 0 unspecified atom stereocenters. The molecule has 1 atom stereocenters. The molecule has 8 heteroatoms. The molecule has 0 heterocycles. The molecule has 0 fully saturated rings. The average molecular weight is 347 g/mol. The SMILES string of the molecule is CC(C)(C)OC(=O)[C@H](CC(=O)C=[N+]=[N-])NC(=O)OCc1ccccc1. The number of nitrogens with one attached hydrogen (secondary N) is 1. The summed E-state index contributed by atoms with van der Waals surface area (Å²) >= 11 is 0. The van der Waals surface area contributed by atoms with Gasteiger partial charge in [0.2, 0.25) is 5.78 Å². The summed E-state index contributed by atoms with van der Waals surface area (Å²) in [4.78, 5) is 38.2. The molecule has 0 aliphatic heterocycles. The van der Waals surface area contributed by atoms with Gasteiger partial charge in [-0.25, -0.2) is 9.59 Å². The Morgan fingerprint density at radius 1 is 1.24 bits per heavy atom. The molecule has 1 aromatic rings. The maximum Gasteiger partial charge on any atom is 0.408 e. The van der Waals surface area contributed by atoms with Crippen LogP contribution in [0, 0.1) is 0 Å². The van der Waals surface area contributed by atoms with Crippen molar-refractivity contribution < 1.29 is 28.6 Å². The van der Waals surface area contributed by atoms with Gasteiger partial charge in [0, 0.05) is 6.42 Å². The number of benzene rings is 1. The third-order valence-corrected chi connectivity index (χ3v) is 2.80. The van der Waals surface area contributed by atoms with Gasteiger partial charge in [-0.3, -0.25) is 4.79 Å². The van der Waals surface area contributed by atoms with Crippen LogP contribution in [0.1, 0.15) is 32.8 Å². The van der Waals surface area contributed by atoms with Crippen LogP contribution in [0.5, 0.6) is 0 Å². The Kier molecular flexibility index (Phi) is 7.49. The number of hydrogen-bond acceptors (Lipinski definition) is 5. The lowest BCUT2D eigenvalue weighted by molar-refractivity contribution is -0.158. The van der Waals surface area contributed by atoms with Crippen LogP contribution < -0.4 is 5.32 Å². The van der Waals surface area contributed by atoms with E-state index in [9.17, 15) is 14.4 Å². The normalized spacial score (nSPS) is 11.6. The number of carbonyl (C=O) groups is 3. The first kappa shape index (κ1) is 20.1. The second-order valence-electron chi connectivity index (χ2n) is 6.21. The van der Waals surface area contributed by atoms with Crippen molar-refractivity contribution in [3.63, 3.8) is 0 Å². The Bertz CT molecular complexity index is 661. The fourth-order valence-corrected chi connectivity index (χ4v) is 1.79. The zero-order valence-corrected chi connectivity index (χ0v) is 14.4. The highest BCUT2D eigenvalue weighted by Gasteiger charge is 2.29. The van der Waals surface area contributed by atoms with Crippen LogP contribution in [0.4, 0.5) is 4.79 Å². The van der Waals surface area contributed by atoms with Crippen molar-refractivity contribution in [2.45, 2.75) is 45.4 Å². The van der Waals surface area contributed by atoms with E-state index in [0.717, 1.165) is 5.56 Å². The lowest BCUT2D eigenvalue weighted by atomic mass is 10.1. The van der Waals surface area contributed by atoms with E-state index in [1.54, 1.807) is 45.0 Å². The fraction of sp³-hybridized carbons (Fsp3) is 0.412. The third kappa shape index (κ3) is 8.43. The molecule has 8 nitrogen and oxygen atoms in total. The molecule has 134 valence electrons. The molecule has 0 saturated carbocycles. The fourth-order valence-electron chi connectivity index (χ4n) is 1.79. The van der Waals surface area contributed by atoms with Gasteiger partial charge >= 0.3 is 18.3 Å². The van der Waals surface area contributed by atoms with Crippen molar-refractivity contribution in [1.82, 2.24) is 5.32 Å². The Labute approximate surface area is 145 Å². The number of hydrogen-bond donors (Lipinski definition) is 1. The quantitative estimate of drug-likeness (QED) is 0.350. The number of alkyl carbamates (subject to hydrolysis) is 1. The molecule has 25 heavy (non-hydrogen) atoms. The minimum Gasteiger partial charge on any atom is -0.458 e. The molecule has 1 aromatic carbocycles. The molecule has 0 saturated heterocycles. The molecule has 0 spiro atoms. The summed E-state index contributed by atoms with van der Waals surface area (Å²) in [7, 11) is 0. The van der Waals surface area contributed by atoms with Crippen LogP contribution in [-0.2, 0) is 25.7 Å². The lowest BCUT2D eigenvalue weighted by Crippen LogP contribution is -2.45. The highest BCUT2D eigenvalue weighted by Crippen LogP contribution is 2.10. The van der Waals surface area contributed by atoms with E-state index >= 15 is 0 Å². The number of rotatable bonds is 7. The van der Waals surface area contributed by atoms with Crippen molar-refractivity contribution in [2.24, 2.45) is 0 Å². The van der Waals surface area contributed by atoms with E-state index in [4.69, 9.17) is 15.0 Å². The van der Waals surface area contributed by atoms with Crippen molar-refractivity contribution in [1.29, 1.82) is 0 Å². The molecular weight excluding hydrogens is 326 g/mol. The van der Waals surface area contributed by atoms with E-state index in [1.165, 1.54) is 0 Å². The van der Waals surface area contributed by atoms with Gasteiger partial charge in [-0.05, 0) is 26.3 Å². The van der Waals surface area contributed by atoms with E-state index in [-0.39, 0.29) is 6.61 Å². The maximum absolute atomic E-state index is 12.2. The summed E-state index contributed by atoms with van der Waals surface area (Å²) in [5, 5.41) is 2.30. The first-order valence-corrected chi connectivity index (χ1v) is 7.61. The average Bonchev–Trinajstić information content (AvgIpc) is 2.52. The summed E-state index contributed by atoms with van der Waals surface area (Å²) in [6.45, 7) is 4.99. The van der Waals surface area contributed by atoms with Crippen molar-refractivity contribution in [2.75, 3.05) is 0 Å². The predicted molar refractivity (Wildman–Crippen MR) is 88.7 cm³/mol. The highest BCUT2D eigenvalue weighted by atomic mass is 16.6. The molecule has 0 aliphatic carbocycles. The number of Topliss-reactive ketones (excluding diaryl/α,β-unsaturated/α-hetero) is 1. The lowest BCUT2D eigenvalue weighted by Gasteiger charge is -2.23. The molecular formula is C17H21N3O5. The van der Waals surface area contributed by atoms with Gasteiger partial charge in [0.1, 0.15) is 18.2 Å². The van der Waals surface area contributed by atoms with Gasteiger partial charge in [-0.2, -0.15) is 4.79 Å². The molecule has 0 bridgehead atoms. The summed E-state index contributed by atoms with van der Waals surface area (Å²) in [6, 6.07) is 7.73. The van der Waals surface area contributed by atoms with Crippen molar-refractivity contribution in [3.8, 4) is 0 Å². The standard InChI is InChI=1S/C17H21N3O5/c1-17(2,3)25-15(22)14(9-13(21)10-19-18)20-16(23)24-11-12-7-5-4-6-8-12/h4-8,10,14H,9,11H2,1-3H3,(H,20,23)/t14-/m0/s1. The number of amides is 1. The first-order chi connectivity index (χ1) is 11.7. The van der Waals surface area contributed by atoms with Crippen LogP contribution >= 0.6 is 0 Å². The Balaban J connectivity index is 2.70. The number of carbonyl (C=O) groups excluding carboxylic acids is 3. The monoisotopic (exact) mass is 347 g/mol. The zero-order valence-electron chi connectivity index (χ0n) is 14.4. The van der Waals surface area contributed by atoms with Crippen LogP contribution in [0.2, 0.25) is 0 Å². The molecule has 1 amide bonds. The summed E-state index contributed by atoms with van der Waals surface area (Å²) in [6.07, 6.45) is -0.637. The number of nitrogens with zero attached hydrogens (tertiary/aromatic N) is 2. The second-order valence-corrected chi connectivity index (χ2v) is 6.21. The Hall–Kier alpha value is -2.99. The molecule has 1 rings (SSSR count). The van der Waals surface area contributed by atoms with Crippen LogP contribution in [0.25, 0.3) is 5.53 Å². The largest absolute Gasteiger partial charge is 0.458 e. The smallest absolute Gasteiger partial charge is 0.408 e. The molecule has 0 aromatic heterocycles. The van der Waals surface area contributed by atoms with Crippen molar-refractivity contribution >= 4 is 24.1 Å². The third-order valence-electron chi connectivity index (χ3n) is 2.80. The Morgan fingerprint density at radius 3 is 2.44 bits per heavy atom. The van der Waals surface area contributed by atoms with E-state index < -0.39 is 35.9 Å². The minimum absolute atomic E-state index is 0.0136. The van der Waals surface area contributed by atoms with Crippen LogP contribution in [-0.4, -0.2) is 40.5 Å². The van der Waals surface area contributed by atoms with Crippen LogP contribution in [0.15, 0.2) is 30.3 Å². The van der Waals surface area contributed by atoms with Gasteiger partial charge < -0.3 is 20.3 Å². The first-order valence-electron chi connectivity index (χ1n) is 7.61. The zero-order chi connectivity index (χ0) is 18.9.